The van der Waals surface area contributed by atoms with Gasteiger partial charge in [-0.2, -0.15) is 0 Å². The number of nitrogens with one attached hydrogen (secondary N) is 1. The van der Waals surface area contributed by atoms with Gasteiger partial charge in [0.25, 0.3) is 11.8 Å². The van der Waals surface area contributed by atoms with E-state index < -0.39 is 0 Å². The molecule has 0 aliphatic carbocycles. The SMILES string of the molecule is CC1CCCN(C(=O)c2nc(C(=O)NCc3ccco3)n3ccccc23)C1. The summed E-state index contributed by atoms with van der Waals surface area (Å²) in [5, 5.41) is 2.79. The van der Waals surface area contributed by atoms with Crippen LogP contribution in [0.5, 0.6) is 0 Å². The third kappa shape index (κ3) is 3.45. The van der Waals surface area contributed by atoms with Crippen molar-refractivity contribution in [3.8, 4) is 0 Å². The predicted molar refractivity (Wildman–Crippen MR) is 99.4 cm³/mol. The quantitative estimate of drug-likeness (QED) is 0.770. The first-order valence-corrected chi connectivity index (χ1v) is 9.20. The Balaban J connectivity index is 1.62. The molecule has 1 unspecified atom stereocenters. The van der Waals surface area contributed by atoms with Crippen LogP contribution in [0.2, 0.25) is 0 Å². The second-order valence-corrected chi connectivity index (χ2v) is 7.00. The van der Waals surface area contributed by atoms with Crippen molar-refractivity contribution in [3.63, 3.8) is 0 Å². The van der Waals surface area contributed by atoms with Crippen molar-refractivity contribution in [2.45, 2.75) is 26.3 Å². The molecule has 4 heterocycles. The molecule has 1 atom stereocenters. The van der Waals surface area contributed by atoms with E-state index in [1.54, 1.807) is 29.0 Å². The number of carbonyl (C=O) groups is 2. The largest absolute Gasteiger partial charge is 0.467 e. The molecule has 7 nitrogen and oxygen atoms in total. The van der Waals surface area contributed by atoms with Gasteiger partial charge in [-0.25, -0.2) is 4.98 Å². The number of imidazole rings is 1. The highest BCUT2D eigenvalue weighted by Crippen LogP contribution is 2.21. The lowest BCUT2D eigenvalue weighted by molar-refractivity contribution is 0.0679. The predicted octanol–water partition coefficient (Wildman–Crippen LogP) is 2.73. The van der Waals surface area contributed by atoms with E-state index in [0.717, 1.165) is 25.9 Å². The molecule has 27 heavy (non-hydrogen) atoms. The molecule has 0 aromatic carbocycles. The van der Waals surface area contributed by atoms with Crippen molar-refractivity contribution in [3.05, 3.63) is 60.1 Å². The van der Waals surface area contributed by atoms with Crippen molar-refractivity contribution >= 4 is 17.3 Å². The summed E-state index contributed by atoms with van der Waals surface area (Å²) in [7, 11) is 0. The summed E-state index contributed by atoms with van der Waals surface area (Å²) < 4.78 is 6.90. The summed E-state index contributed by atoms with van der Waals surface area (Å²) in [6, 6.07) is 9.03. The molecule has 1 aliphatic rings. The lowest BCUT2D eigenvalue weighted by Crippen LogP contribution is -2.39. The number of fused-ring (bicyclic) bond motifs is 1. The minimum absolute atomic E-state index is 0.115. The van der Waals surface area contributed by atoms with Gasteiger partial charge in [0, 0.05) is 19.3 Å². The Labute approximate surface area is 157 Å². The van der Waals surface area contributed by atoms with Crippen LogP contribution < -0.4 is 5.32 Å². The van der Waals surface area contributed by atoms with Crippen molar-refractivity contribution in [2.75, 3.05) is 13.1 Å². The molecule has 7 heteroatoms. The summed E-state index contributed by atoms with van der Waals surface area (Å²) in [4.78, 5) is 32.0. The molecule has 140 valence electrons. The third-order valence-electron chi connectivity index (χ3n) is 4.90. The van der Waals surface area contributed by atoms with E-state index in [2.05, 4.69) is 17.2 Å². The van der Waals surface area contributed by atoms with Crippen molar-refractivity contribution in [1.29, 1.82) is 0 Å². The molecule has 3 aromatic rings. The first-order chi connectivity index (χ1) is 13.1. The third-order valence-corrected chi connectivity index (χ3v) is 4.90. The molecule has 0 bridgehead atoms. The molecule has 1 fully saturated rings. The van der Waals surface area contributed by atoms with E-state index in [0.29, 0.717) is 22.9 Å². The Kier molecular flexibility index (Phi) is 4.66. The van der Waals surface area contributed by atoms with Crippen molar-refractivity contribution in [2.24, 2.45) is 5.92 Å². The van der Waals surface area contributed by atoms with Crippen LogP contribution in [-0.2, 0) is 6.54 Å². The topological polar surface area (TPSA) is 79.8 Å². The van der Waals surface area contributed by atoms with Crippen molar-refractivity contribution in [1.82, 2.24) is 19.6 Å². The average molecular weight is 366 g/mol. The lowest BCUT2D eigenvalue weighted by atomic mass is 10.00. The summed E-state index contributed by atoms with van der Waals surface area (Å²) in [5.41, 5.74) is 0.969. The van der Waals surface area contributed by atoms with Gasteiger partial charge in [0.2, 0.25) is 5.82 Å². The number of furan rings is 1. The molecule has 0 radical (unpaired) electrons. The van der Waals surface area contributed by atoms with Crippen LogP contribution in [0.4, 0.5) is 0 Å². The number of rotatable bonds is 4. The number of piperidine rings is 1. The number of carbonyl (C=O) groups excluding carboxylic acids is 2. The van der Waals surface area contributed by atoms with E-state index in [1.807, 2.05) is 23.1 Å². The second-order valence-electron chi connectivity index (χ2n) is 7.00. The molecular weight excluding hydrogens is 344 g/mol. The van der Waals surface area contributed by atoms with Gasteiger partial charge in [-0.05, 0) is 43.0 Å². The Bertz CT molecular complexity index is 961. The van der Waals surface area contributed by atoms with Crippen LogP contribution in [0.1, 0.15) is 46.6 Å². The summed E-state index contributed by atoms with van der Waals surface area (Å²) >= 11 is 0. The van der Waals surface area contributed by atoms with Gasteiger partial charge in [-0.1, -0.05) is 13.0 Å². The monoisotopic (exact) mass is 366 g/mol. The molecule has 0 spiro atoms. The van der Waals surface area contributed by atoms with Crippen LogP contribution in [0, 0.1) is 5.92 Å². The van der Waals surface area contributed by atoms with E-state index >= 15 is 0 Å². The van der Waals surface area contributed by atoms with Crippen molar-refractivity contribution < 1.29 is 14.0 Å². The highest BCUT2D eigenvalue weighted by atomic mass is 16.3. The van der Waals surface area contributed by atoms with Crippen LogP contribution in [0.15, 0.2) is 47.2 Å². The first-order valence-electron chi connectivity index (χ1n) is 9.20. The van der Waals surface area contributed by atoms with Gasteiger partial charge >= 0.3 is 0 Å². The zero-order chi connectivity index (χ0) is 18.8. The fourth-order valence-electron chi connectivity index (χ4n) is 3.54. The summed E-state index contributed by atoms with van der Waals surface area (Å²) in [5.74, 6) is 0.870. The zero-order valence-electron chi connectivity index (χ0n) is 15.2. The highest BCUT2D eigenvalue weighted by molar-refractivity contribution is 6.02. The lowest BCUT2D eigenvalue weighted by Gasteiger charge is -2.30. The van der Waals surface area contributed by atoms with Crippen LogP contribution >= 0.6 is 0 Å². The average Bonchev–Trinajstić information content (AvgIpc) is 3.33. The highest BCUT2D eigenvalue weighted by Gasteiger charge is 2.27. The number of hydrogen-bond donors (Lipinski definition) is 1. The van der Waals surface area contributed by atoms with Gasteiger partial charge in [-0.3, -0.25) is 14.0 Å². The number of pyridine rings is 1. The van der Waals surface area contributed by atoms with E-state index in [1.165, 1.54) is 0 Å². The Morgan fingerprint density at radius 1 is 1.30 bits per heavy atom. The molecule has 4 rings (SSSR count). The van der Waals surface area contributed by atoms with E-state index in [-0.39, 0.29) is 24.2 Å². The molecule has 0 saturated carbocycles. The summed E-state index contributed by atoms with van der Waals surface area (Å²) in [6.07, 6.45) is 5.44. The number of hydrogen-bond acceptors (Lipinski definition) is 4. The van der Waals surface area contributed by atoms with Crippen LogP contribution in [-0.4, -0.2) is 39.2 Å². The minimum Gasteiger partial charge on any atom is -0.467 e. The maximum Gasteiger partial charge on any atom is 0.288 e. The van der Waals surface area contributed by atoms with Gasteiger partial charge < -0.3 is 14.6 Å². The molecule has 3 aromatic heterocycles. The van der Waals surface area contributed by atoms with Crippen LogP contribution in [0.3, 0.4) is 0 Å². The normalized spacial score (nSPS) is 17.2. The van der Waals surface area contributed by atoms with Gasteiger partial charge in [0.1, 0.15) is 5.76 Å². The molecule has 1 saturated heterocycles. The maximum absolute atomic E-state index is 13.0. The second kappa shape index (κ2) is 7.26. The first kappa shape index (κ1) is 17.3. The Morgan fingerprint density at radius 2 is 2.19 bits per heavy atom. The number of amides is 2. The number of likely N-dealkylation sites (tertiary alicyclic amines) is 1. The number of aromatic nitrogens is 2. The van der Waals surface area contributed by atoms with E-state index in [9.17, 15) is 9.59 Å². The smallest absolute Gasteiger partial charge is 0.288 e. The van der Waals surface area contributed by atoms with Gasteiger partial charge in [0.05, 0.1) is 18.3 Å². The Morgan fingerprint density at radius 3 is 2.96 bits per heavy atom. The minimum atomic E-state index is -0.348. The number of nitrogens with zero attached hydrogens (tertiary/aromatic N) is 3. The fourth-order valence-corrected chi connectivity index (χ4v) is 3.54. The van der Waals surface area contributed by atoms with Gasteiger partial charge in [0.15, 0.2) is 5.69 Å². The molecule has 1 aliphatic heterocycles. The Hall–Kier alpha value is -3.09. The van der Waals surface area contributed by atoms with E-state index in [4.69, 9.17) is 4.42 Å². The summed E-state index contributed by atoms with van der Waals surface area (Å²) in [6.45, 7) is 3.87. The molecule has 1 N–H and O–H groups in total. The zero-order valence-corrected chi connectivity index (χ0v) is 15.2. The molecule has 2 amide bonds. The standard InChI is InChI=1S/C20H22N4O3/c1-14-6-4-9-23(13-14)20(26)17-16-8-2-3-10-24(16)18(22-17)19(25)21-12-15-7-5-11-27-15/h2-3,5,7-8,10-11,14H,4,6,9,12-13H2,1H3,(H,21,25). The van der Waals surface area contributed by atoms with Crippen LogP contribution in [0.25, 0.3) is 5.52 Å². The van der Waals surface area contributed by atoms with Gasteiger partial charge in [-0.15, -0.1) is 0 Å². The fraction of sp³-hybridized carbons (Fsp3) is 0.350. The maximum atomic E-state index is 13.0. The molecular formula is C20H22N4O3.